The average molecular weight is 958 g/mol. The minimum Gasteiger partial charge on any atom is -0.741 e. The van der Waals surface area contributed by atoms with Crippen LogP contribution in [-0.4, -0.2) is 33.4 Å². The summed E-state index contributed by atoms with van der Waals surface area (Å²) < 4.78 is 58.9. The molecular weight excluding hydrogens is 919 g/mol. The SMILES string of the molecule is O=S(=O)([O-])C(F)(F)F.[Ru+].c1ccc(-c2cccc(-c3ccccn3)n2)nc1.c1ccc(P(Cc2cccc(CP(c3ccccc3)c3ccccc3)c2)c2ccccc2)cc1. The summed E-state index contributed by atoms with van der Waals surface area (Å²) in [5.74, 6) is 0. The number of hydrogen-bond donors (Lipinski definition) is 0. The molecule has 0 fully saturated rings. The summed E-state index contributed by atoms with van der Waals surface area (Å²) in [6, 6.07) is 70.8. The van der Waals surface area contributed by atoms with Gasteiger partial charge in [-0.25, -0.2) is 13.4 Å². The fourth-order valence-corrected chi connectivity index (χ4v) is 10.6. The van der Waals surface area contributed by atoms with Gasteiger partial charge in [0.15, 0.2) is 10.1 Å². The molecule has 3 heterocycles. The number of hydrogen-bond acceptors (Lipinski definition) is 6. The zero-order valence-corrected chi connectivity index (χ0v) is 36.8. The van der Waals surface area contributed by atoms with Crippen molar-refractivity contribution < 1.29 is 45.6 Å². The smallest absolute Gasteiger partial charge is 0.741 e. The Morgan fingerprint density at radius 1 is 0.443 bits per heavy atom. The number of pyridine rings is 3. The van der Waals surface area contributed by atoms with E-state index >= 15 is 0 Å². The summed E-state index contributed by atoms with van der Waals surface area (Å²) in [7, 11) is -6.97. The maximum Gasteiger partial charge on any atom is 1.00 e. The zero-order valence-electron chi connectivity index (χ0n) is 32.5. The van der Waals surface area contributed by atoms with Gasteiger partial charge in [-0.2, -0.15) is 13.2 Å². The van der Waals surface area contributed by atoms with Crippen molar-refractivity contribution in [3.05, 3.63) is 224 Å². The summed E-state index contributed by atoms with van der Waals surface area (Å²) in [5, 5.41) is 5.74. The molecule has 0 bridgehead atoms. The summed E-state index contributed by atoms with van der Waals surface area (Å²) in [6.45, 7) is 0. The van der Waals surface area contributed by atoms with Gasteiger partial charge in [-0.15, -0.1) is 0 Å². The van der Waals surface area contributed by atoms with Crippen molar-refractivity contribution in [3.63, 3.8) is 0 Å². The number of aromatic nitrogens is 3. The number of halogens is 3. The van der Waals surface area contributed by atoms with Crippen molar-refractivity contribution in [2.75, 3.05) is 0 Å². The van der Waals surface area contributed by atoms with E-state index in [1.54, 1.807) is 12.4 Å². The van der Waals surface area contributed by atoms with Crippen molar-refractivity contribution in [2.45, 2.75) is 17.8 Å². The van der Waals surface area contributed by atoms with Crippen molar-refractivity contribution >= 4 is 47.2 Å². The largest absolute Gasteiger partial charge is 1.00 e. The van der Waals surface area contributed by atoms with Gasteiger partial charge in [-0.05, 0) is 84.6 Å². The number of alkyl halides is 3. The first-order chi connectivity index (χ1) is 29.0. The Balaban J connectivity index is 0.000000217. The van der Waals surface area contributed by atoms with Gasteiger partial charge in [0.25, 0.3) is 0 Å². The fourth-order valence-electron chi connectivity index (χ4n) is 6.04. The standard InChI is InChI=1S/C32H28P2.C15H11N3.CHF3O3S.Ru/c1-5-16-29(17-6-1)33(30-18-7-2-8-19-30)25-27-14-13-15-28(24-27)26-34(31-20-9-3-10-21-31)32-22-11-4-12-23-32;1-3-10-16-12(6-1)14-8-5-9-15(18-14)13-7-2-4-11-17-13;2-1(3,4)8(5,6)7;/h1-24H,25-26H2;1-11H;(H,5,6,7);/q;;;+1/p-1. The average Bonchev–Trinajstić information content (AvgIpc) is 3.29. The summed E-state index contributed by atoms with van der Waals surface area (Å²) in [4.78, 5) is 13.2. The van der Waals surface area contributed by atoms with Crippen molar-refractivity contribution in [3.8, 4) is 22.8 Å². The Kier molecular flexibility index (Phi) is 17.7. The van der Waals surface area contributed by atoms with E-state index in [4.69, 9.17) is 13.0 Å². The molecule has 3 aromatic heterocycles. The van der Waals surface area contributed by atoms with E-state index < -0.39 is 31.5 Å². The Labute approximate surface area is 370 Å². The van der Waals surface area contributed by atoms with Crippen molar-refractivity contribution in [1.82, 2.24) is 15.0 Å². The zero-order chi connectivity index (χ0) is 42.2. The minimum absolute atomic E-state index is 0. The van der Waals surface area contributed by atoms with E-state index in [2.05, 4.69) is 161 Å². The van der Waals surface area contributed by atoms with Crippen LogP contribution in [0.3, 0.4) is 0 Å². The van der Waals surface area contributed by atoms with Gasteiger partial charge < -0.3 is 4.55 Å². The molecule has 0 aliphatic heterocycles. The molecule has 8 aromatic rings. The Bertz CT molecular complexity index is 2390. The van der Waals surface area contributed by atoms with Gasteiger partial charge in [0.1, 0.15) is 0 Å². The molecule has 0 saturated heterocycles. The van der Waals surface area contributed by atoms with E-state index in [9.17, 15) is 13.2 Å². The molecule has 0 saturated carbocycles. The summed E-state index contributed by atoms with van der Waals surface area (Å²) >= 11 is 0. The molecule has 0 N–H and O–H groups in total. The Morgan fingerprint density at radius 2 is 0.738 bits per heavy atom. The van der Waals surface area contributed by atoms with Crippen LogP contribution in [0.15, 0.2) is 213 Å². The first-order valence-corrected chi connectivity index (χ1v) is 23.2. The number of benzene rings is 5. The number of nitrogens with zero attached hydrogens (tertiary/aromatic N) is 3. The second-order valence-electron chi connectivity index (χ2n) is 13.1. The van der Waals surface area contributed by atoms with Crippen LogP contribution < -0.4 is 21.2 Å². The van der Waals surface area contributed by atoms with Crippen molar-refractivity contribution in [2.24, 2.45) is 0 Å². The summed E-state index contributed by atoms with van der Waals surface area (Å²) in [5.41, 5.74) is 0.662. The second-order valence-corrected chi connectivity index (χ2v) is 18.9. The maximum absolute atomic E-state index is 10.7. The van der Waals surface area contributed by atoms with E-state index in [1.165, 1.54) is 32.3 Å². The molecule has 8 rings (SSSR count). The molecule has 5 aromatic carbocycles. The quantitative estimate of drug-likeness (QED) is 0.0587. The van der Waals surface area contributed by atoms with Gasteiger partial charge in [-0.1, -0.05) is 164 Å². The van der Waals surface area contributed by atoms with Crippen molar-refractivity contribution in [1.29, 1.82) is 0 Å². The van der Waals surface area contributed by atoms with E-state index in [1.807, 2.05) is 54.6 Å². The van der Waals surface area contributed by atoms with Crippen LogP contribution in [0.5, 0.6) is 0 Å². The molecule has 6 nitrogen and oxygen atoms in total. The predicted molar refractivity (Wildman–Crippen MR) is 238 cm³/mol. The van der Waals surface area contributed by atoms with E-state index in [-0.39, 0.29) is 19.5 Å². The van der Waals surface area contributed by atoms with Gasteiger partial charge in [0, 0.05) is 24.7 Å². The van der Waals surface area contributed by atoms with Crippen LogP contribution in [0, 0.1) is 0 Å². The molecule has 0 atom stereocenters. The van der Waals surface area contributed by atoms with Crippen LogP contribution in [0.4, 0.5) is 13.2 Å². The number of rotatable bonds is 10. The van der Waals surface area contributed by atoms with Gasteiger partial charge >= 0.3 is 25.0 Å². The topological polar surface area (TPSA) is 95.9 Å². The van der Waals surface area contributed by atoms with Crippen LogP contribution in [0.2, 0.25) is 0 Å². The molecule has 0 aliphatic carbocycles. The van der Waals surface area contributed by atoms with Crippen LogP contribution in [-0.2, 0) is 41.9 Å². The van der Waals surface area contributed by atoms with Gasteiger partial charge in [-0.3, -0.25) is 9.97 Å². The molecule has 13 heteroatoms. The predicted octanol–water partition coefficient (Wildman–Crippen LogP) is 10.2. The maximum atomic E-state index is 10.7. The molecule has 0 spiro atoms. The molecule has 0 amide bonds. The first-order valence-electron chi connectivity index (χ1n) is 18.7. The molecule has 1 radical (unpaired) electrons. The summed E-state index contributed by atoms with van der Waals surface area (Å²) in [6.07, 6.45) is 5.66. The Morgan fingerprint density at radius 3 is 1.03 bits per heavy atom. The third-order valence-corrected chi connectivity index (χ3v) is 14.4. The van der Waals surface area contributed by atoms with Crippen LogP contribution in [0.1, 0.15) is 11.1 Å². The van der Waals surface area contributed by atoms with Gasteiger partial charge in [0.05, 0.1) is 22.8 Å². The monoisotopic (exact) mass is 958 g/mol. The Hall–Kier alpha value is -5.27. The molecule has 61 heavy (non-hydrogen) atoms. The van der Waals surface area contributed by atoms with E-state index in [0.29, 0.717) is 0 Å². The molecular formula is C48H39F3N3O3P2RuS. The van der Waals surface area contributed by atoms with Gasteiger partial charge in [0.2, 0.25) is 0 Å². The van der Waals surface area contributed by atoms with E-state index in [0.717, 1.165) is 35.1 Å². The third kappa shape index (κ3) is 14.1. The molecule has 309 valence electrons. The van der Waals surface area contributed by atoms with Crippen LogP contribution >= 0.6 is 15.8 Å². The second kappa shape index (κ2) is 23.1. The van der Waals surface area contributed by atoms with Crippen LogP contribution in [0.25, 0.3) is 22.8 Å². The molecule has 0 unspecified atom stereocenters. The third-order valence-electron chi connectivity index (χ3n) is 8.83. The normalized spacial score (nSPS) is 11.0. The molecule has 0 aliphatic rings. The first kappa shape index (κ1) is 46.8. The minimum atomic E-state index is -6.09. The fraction of sp³-hybridized carbons (Fsp3) is 0.0625.